The zero-order valence-electron chi connectivity index (χ0n) is 10.7. The van der Waals surface area contributed by atoms with E-state index in [1.807, 2.05) is 21.0 Å². The number of carbonyl (C=O) groups is 1. The molecule has 3 heteroatoms. The van der Waals surface area contributed by atoms with Gasteiger partial charge in [0.05, 0.1) is 6.04 Å². The van der Waals surface area contributed by atoms with Crippen LogP contribution in [0.4, 0.5) is 0 Å². The van der Waals surface area contributed by atoms with E-state index in [1.54, 1.807) is 4.90 Å². The normalized spacial score (nSPS) is 34.1. The topological polar surface area (TPSA) is 32.3 Å². The largest absolute Gasteiger partial charge is 0.347 e. The quantitative estimate of drug-likeness (QED) is 0.784. The van der Waals surface area contributed by atoms with Gasteiger partial charge in [0.25, 0.3) is 0 Å². The number of fused-ring (bicyclic) bond motifs is 2. The smallest absolute Gasteiger partial charge is 0.238 e. The number of likely N-dealkylation sites (N-methyl/N-ethyl adjacent to an activating group) is 1. The third kappa shape index (κ3) is 2.40. The molecular weight excluding hydrogens is 200 g/mol. The van der Waals surface area contributed by atoms with Crippen molar-refractivity contribution in [3.05, 3.63) is 0 Å². The summed E-state index contributed by atoms with van der Waals surface area (Å²) in [6.45, 7) is 3.00. The fourth-order valence-electron chi connectivity index (χ4n) is 3.43. The molecule has 0 heterocycles. The molecule has 3 nitrogen and oxygen atoms in total. The summed E-state index contributed by atoms with van der Waals surface area (Å²) in [5.41, 5.74) is 0. The molecule has 92 valence electrons. The summed E-state index contributed by atoms with van der Waals surface area (Å²) in [6, 6.07) is -0.0332. The summed E-state index contributed by atoms with van der Waals surface area (Å²) in [5.74, 6) is 2.95. The molecule has 0 aliphatic heterocycles. The van der Waals surface area contributed by atoms with Crippen LogP contribution in [0.5, 0.6) is 0 Å². The molecule has 1 N–H and O–H groups in total. The van der Waals surface area contributed by atoms with Crippen LogP contribution in [0.2, 0.25) is 0 Å². The van der Waals surface area contributed by atoms with Crippen molar-refractivity contribution in [2.45, 2.75) is 38.6 Å². The summed E-state index contributed by atoms with van der Waals surface area (Å²) in [4.78, 5) is 13.3. The van der Waals surface area contributed by atoms with Crippen LogP contribution in [-0.4, -0.2) is 37.5 Å². The third-order valence-corrected chi connectivity index (χ3v) is 4.38. The van der Waals surface area contributed by atoms with E-state index in [-0.39, 0.29) is 11.9 Å². The summed E-state index contributed by atoms with van der Waals surface area (Å²) in [6.07, 6.45) is 5.71. The summed E-state index contributed by atoms with van der Waals surface area (Å²) >= 11 is 0. The zero-order valence-corrected chi connectivity index (χ0v) is 10.7. The highest BCUT2D eigenvalue weighted by Gasteiger charge is 2.39. The van der Waals surface area contributed by atoms with Gasteiger partial charge in [-0.2, -0.15) is 0 Å². The van der Waals surface area contributed by atoms with Crippen molar-refractivity contribution < 1.29 is 4.79 Å². The maximum Gasteiger partial charge on any atom is 0.238 e. The lowest BCUT2D eigenvalue weighted by atomic mass is 9.89. The molecule has 4 atom stereocenters. The molecule has 0 radical (unpaired) electrons. The Bertz CT molecular complexity index is 265. The second-order valence-corrected chi connectivity index (χ2v) is 5.80. The lowest BCUT2D eigenvalue weighted by Crippen LogP contribution is -2.43. The Balaban J connectivity index is 1.73. The minimum atomic E-state index is -0.0332. The molecule has 2 aliphatic rings. The fraction of sp³-hybridized carbons (Fsp3) is 0.923. The lowest BCUT2D eigenvalue weighted by molar-refractivity contribution is -0.130. The Morgan fingerprint density at radius 3 is 2.62 bits per heavy atom. The van der Waals surface area contributed by atoms with E-state index in [1.165, 1.54) is 25.7 Å². The molecule has 2 saturated carbocycles. The maximum atomic E-state index is 11.7. The van der Waals surface area contributed by atoms with E-state index in [0.717, 1.165) is 24.3 Å². The molecular formula is C13H24N2O. The average Bonchev–Trinajstić information content (AvgIpc) is 2.86. The first-order valence-corrected chi connectivity index (χ1v) is 6.52. The van der Waals surface area contributed by atoms with Crippen LogP contribution < -0.4 is 5.32 Å². The highest BCUT2D eigenvalue weighted by molar-refractivity contribution is 5.80. The molecule has 4 unspecified atom stereocenters. The van der Waals surface area contributed by atoms with Crippen molar-refractivity contribution in [2.75, 3.05) is 20.6 Å². The third-order valence-electron chi connectivity index (χ3n) is 4.38. The molecule has 0 saturated heterocycles. The number of nitrogens with zero attached hydrogens (tertiary/aromatic N) is 1. The van der Waals surface area contributed by atoms with Gasteiger partial charge in [-0.25, -0.2) is 0 Å². The fourth-order valence-corrected chi connectivity index (χ4v) is 3.43. The van der Waals surface area contributed by atoms with Gasteiger partial charge in [-0.1, -0.05) is 6.42 Å². The van der Waals surface area contributed by atoms with Crippen LogP contribution in [0.25, 0.3) is 0 Å². The van der Waals surface area contributed by atoms with E-state index >= 15 is 0 Å². The number of nitrogens with one attached hydrogen (secondary N) is 1. The Morgan fingerprint density at radius 1 is 1.38 bits per heavy atom. The van der Waals surface area contributed by atoms with Gasteiger partial charge in [0, 0.05) is 14.1 Å². The van der Waals surface area contributed by atoms with E-state index in [4.69, 9.17) is 0 Å². The highest BCUT2D eigenvalue weighted by Crippen LogP contribution is 2.47. The monoisotopic (exact) mass is 224 g/mol. The number of hydrogen-bond acceptors (Lipinski definition) is 2. The maximum absolute atomic E-state index is 11.7. The Kier molecular flexibility index (Phi) is 3.53. The van der Waals surface area contributed by atoms with Crippen molar-refractivity contribution in [2.24, 2.45) is 17.8 Å². The van der Waals surface area contributed by atoms with Crippen LogP contribution in [0, 0.1) is 17.8 Å². The number of amides is 1. The van der Waals surface area contributed by atoms with Crippen molar-refractivity contribution in [3.63, 3.8) is 0 Å². The van der Waals surface area contributed by atoms with Crippen LogP contribution >= 0.6 is 0 Å². The molecule has 2 aliphatic carbocycles. The predicted molar refractivity (Wildman–Crippen MR) is 65.1 cm³/mol. The van der Waals surface area contributed by atoms with Crippen LogP contribution in [0.15, 0.2) is 0 Å². The van der Waals surface area contributed by atoms with Gasteiger partial charge in [0.2, 0.25) is 5.91 Å². The van der Waals surface area contributed by atoms with Gasteiger partial charge in [0.15, 0.2) is 0 Å². The van der Waals surface area contributed by atoms with Gasteiger partial charge in [-0.3, -0.25) is 4.79 Å². The Morgan fingerprint density at radius 2 is 2.12 bits per heavy atom. The number of rotatable bonds is 4. The standard InChI is InChI=1S/C13H24N2O/c1-9(13(16)15(2)3)14-8-12-7-10-4-5-11(12)6-10/h9-12,14H,4-8H2,1-3H3. The first kappa shape index (κ1) is 11.9. The van der Waals surface area contributed by atoms with Gasteiger partial charge in [-0.15, -0.1) is 0 Å². The van der Waals surface area contributed by atoms with Crippen LogP contribution in [-0.2, 0) is 4.79 Å². The van der Waals surface area contributed by atoms with Gasteiger partial charge < -0.3 is 10.2 Å². The second kappa shape index (κ2) is 4.74. The van der Waals surface area contributed by atoms with Crippen molar-refractivity contribution in [3.8, 4) is 0 Å². The van der Waals surface area contributed by atoms with Crippen LogP contribution in [0.3, 0.4) is 0 Å². The van der Waals surface area contributed by atoms with E-state index < -0.39 is 0 Å². The minimum absolute atomic E-state index is 0.0332. The molecule has 0 aromatic heterocycles. The van der Waals surface area contributed by atoms with Crippen molar-refractivity contribution in [1.29, 1.82) is 0 Å². The van der Waals surface area contributed by atoms with Gasteiger partial charge >= 0.3 is 0 Å². The predicted octanol–water partition coefficient (Wildman–Crippen LogP) is 1.49. The SMILES string of the molecule is CC(NCC1CC2CCC1C2)C(=O)N(C)C. The first-order chi connectivity index (χ1) is 7.58. The molecule has 0 spiro atoms. The average molecular weight is 224 g/mol. The molecule has 2 rings (SSSR count). The lowest BCUT2D eigenvalue weighted by Gasteiger charge is -2.25. The van der Waals surface area contributed by atoms with Crippen molar-refractivity contribution in [1.82, 2.24) is 10.2 Å². The van der Waals surface area contributed by atoms with E-state index in [2.05, 4.69) is 5.32 Å². The molecule has 0 aromatic carbocycles. The molecule has 0 aromatic rings. The summed E-state index contributed by atoms with van der Waals surface area (Å²) in [5, 5.41) is 3.40. The highest BCUT2D eigenvalue weighted by atomic mass is 16.2. The zero-order chi connectivity index (χ0) is 11.7. The number of hydrogen-bond donors (Lipinski definition) is 1. The van der Waals surface area contributed by atoms with E-state index in [9.17, 15) is 4.79 Å². The number of carbonyl (C=O) groups excluding carboxylic acids is 1. The van der Waals surface area contributed by atoms with Crippen LogP contribution in [0.1, 0.15) is 32.6 Å². The first-order valence-electron chi connectivity index (χ1n) is 6.52. The molecule has 16 heavy (non-hydrogen) atoms. The Hall–Kier alpha value is -0.570. The second-order valence-electron chi connectivity index (χ2n) is 5.80. The molecule has 1 amide bonds. The summed E-state index contributed by atoms with van der Waals surface area (Å²) in [7, 11) is 3.64. The van der Waals surface area contributed by atoms with Gasteiger partial charge in [-0.05, 0) is 50.5 Å². The summed E-state index contributed by atoms with van der Waals surface area (Å²) < 4.78 is 0. The Labute approximate surface area is 98.6 Å². The molecule has 2 fully saturated rings. The molecule has 2 bridgehead atoms. The van der Waals surface area contributed by atoms with Gasteiger partial charge in [0.1, 0.15) is 0 Å². The minimum Gasteiger partial charge on any atom is -0.347 e. The van der Waals surface area contributed by atoms with Crippen molar-refractivity contribution >= 4 is 5.91 Å². The van der Waals surface area contributed by atoms with E-state index in [0.29, 0.717) is 0 Å².